The van der Waals surface area contributed by atoms with Crippen LogP contribution in [0, 0.1) is 5.92 Å². The van der Waals surface area contributed by atoms with Crippen LogP contribution in [-0.4, -0.2) is 110 Å². The minimum Gasteiger partial charge on any atom is -0.493 e. The van der Waals surface area contributed by atoms with Gasteiger partial charge in [0, 0.05) is 44.6 Å². The maximum absolute atomic E-state index is 13.8. The molecule has 8 heteroatoms. The fourth-order valence-electron chi connectivity index (χ4n) is 6.89. The Morgan fingerprint density at radius 3 is 2.59 bits per heavy atom. The number of likely N-dealkylation sites (tertiary alicyclic amines) is 1. The lowest BCUT2D eigenvalue weighted by Gasteiger charge is -2.31. The van der Waals surface area contributed by atoms with E-state index in [1.165, 1.54) is 6.42 Å². The van der Waals surface area contributed by atoms with Gasteiger partial charge in [0.1, 0.15) is 5.75 Å². The molecule has 1 aromatic carbocycles. The first kappa shape index (κ1) is 31.8. The van der Waals surface area contributed by atoms with Crippen molar-refractivity contribution in [3.05, 3.63) is 29.3 Å². The fraction of sp³-hybridized carbons (Fsp3) is 0.758. The first-order chi connectivity index (χ1) is 19.7. The molecule has 3 aliphatic rings. The molecule has 2 fully saturated rings. The van der Waals surface area contributed by atoms with Crippen LogP contribution in [0.25, 0.3) is 0 Å². The molecule has 8 nitrogen and oxygen atoms in total. The topological polar surface area (TPSA) is 79.3 Å². The molecule has 1 aromatic rings. The Hall–Kier alpha value is -2.16. The van der Waals surface area contributed by atoms with Crippen molar-refractivity contribution in [2.45, 2.75) is 89.2 Å². The highest BCUT2D eigenvalue weighted by atomic mass is 16.5. The predicted octanol–water partition coefficient (Wildman–Crippen LogP) is 4.55. The van der Waals surface area contributed by atoms with Gasteiger partial charge in [0.15, 0.2) is 0 Å². The second-order valence-corrected chi connectivity index (χ2v) is 13.5. The van der Waals surface area contributed by atoms with E-state index in [0.29, 0.717) is 13.2 Å². The number of carboxylic acids is 1. The molecule has 0 bridgehead atoms. The van der Waals surface area contributed by atoms with Gasteiger partial charge in [-0.05, 0) is 68.6 Å². The number of carbonyl (C=O) groups is 2. The van der Waals surface area contributed by atoms with Gasteiger partial charge in [-0.2, -0.15) is 0 Å². The van der Waals surface area contributed by atoms with E-state index in [9.17, 15) is 14.7 Å². The standard InChI is InChI=1S/C33H53N3O5/c1-5-6-17-34(18-8-9-19-36(2,3)4)31(37)24-35-23-28(25-12-15-30-26(22-25)16-21-41-30)32(33(38)39)29(35)14-13-27-11-7-10-20-40-27/h12,15,22,27-29,32H,5-11,13-14,16-21,23-24H2,1-4H3/p+1. The number of hydrogen-bond donors (Lipinski definition) is 1. The molecule has 1 amide bonds. The minimum atomic E-state index is -0.764. The smallest absolute Gasteiger partial charge is 0.308 e. The SMILES string of the molecule is CCCCN(CCCC[N+](C)(C)C)C(=O)CN1CC(c2ccc3c(c2)CCO3)C(C(=O)O)C1CCC1CCCCO1. The van der Waals surface area contributed by atoms with E-state index < -0.39 is 11.9 Å². The van der Waals surface area contributed by atoms with E-state index >= 15 is 0 Å². The monoisotopic (exact) mass is 572 g/mol. The van der Waals surface area contributed by atoms with Crippen molar-refractivity contribution < 1.29 is 28.7 Å². The molecule has 1 N–H and O–H groups in total. The van der Waals surface area contributed by atoms with Gasteiger partial charge in [-0.25, -0.2) is 0 Å². The predicted molar refractivity (Wildman–Crippen MR) is 161 cm³/mol. The number of carbonyl (C=O) groups excluding carboxylic acids is 1. The summed E-state index contributed by atoms with van der Waals surface area (Å²) < 4.78 is 12.7. The average molecular weight is 573 g/mol. The second kappa shape index (κ2) is 14.8. The number of rotatable bonds is 15. The molecule has 0 radical (unpaired) electrons. The van der Waals surface area contributed by atoms with Crippen LogP contribution in [0.2, 0.25) is 0 Å². The van der Waals surface area contributed by atoms with Gasteiger partial charge < -0.3 is 24.0 Å². The van der Waals surface area contributed by atoms with E-state index in [2.05, 4.69) is 39.0 Å². The molecule has 0 spiro atoms. The summed E-state index contributed by atoms with van der Waals surface area (Å²) in [6.45, 7) is 7.12. The summed E-state index contributed by atoms with van der Waals surface area (Å²) in [5.74, 6) is -0.430. The number of benzene rings is 1. The first-order valence-electron chi connectivity index (χ1n) is 16.1. The van der Waals surface area contributed by atoms with Crippen LogP contribution in [0.1, 0.15) is 81.8 Å². The number of nitrogens with zero attached hydrogens (tertiary/aromatic N) is 3. The molecule has 0 aromatic heterocycles. The van der Waals surface area contributed by atoms with Gasteiger partial charge in [0.25, 0.3) is 0 Å². The summed E-state index contributed by atoms with van der Waals surface area (Å²) >= 11 is 0. The Labute approximate surface area is 247 Å². The molecule has 3 heterocycles. The van der Waals surface area contributed by atoms with Crippen molar-refractivity contribution >= 4 is 11.9 Å². The van der Waals surface area contributed by atoms with Gasteiger partial charge in [0.2, 0.25) is 5.91 Å². The number of fused-ring (bicyclic) bond motifs is 1. The zero-order chi connectivity index (χ0) is 29.4. The summed E-state index contributed by atoms with van der Waals surface area (Å²) in [7, 11) is 6.61. The number of unbranched alkanes of at least 4 members (excludes halogenated alkanes) is 2. The number of carboxylic acid groups (broad SMARTS) is 1. The summed E-state index contributed by atoms with van der Waals surface area (Å²) in [6.07, 6.45) is 10.0. The molecular formula is C33H54N3O5+. The number of hydrogen-bond acceptors (Lipinski definition) is 5. The van der Waals surface area contributed by atoms with Gasteiger partial charge >= 0.3 is 5.97 Å². The Morgan fingerprint density at radius 1 is 1.07 bits per heavy atom. The normalized spacial score (nSPS) is 24.7. The van der Waals surface area contributed by atoms with Crippen LogP contribution in [0.15, 0.2) is 18.2 Å². The van der Waals surface area contributed by atoms with E-state index in [-0.39, 0.29) is 30.5 Å². The highest BCUT2D eigenvalue weighted by Gasteiger charge is 2.47. The van der Waals surface area contributed by atoms with Crippen LogP contribution < -0.4 is 4.74 Å². The Bertz CT molecular complexity index is 1000. The van der Waals surface area contributed by atoms with Crippen LogP contribution in [0.3, 0.4) is 0 Å². The lowest BCUT2D eigenvalue weighted by molar-refractivity contribution is -0.870. The van der Waals surface area contributed by atoms with Crippen LogP contribution in [-0.2, 0) is 20.7 Å². The molecular weight excluding hydrogens is 518 g/mol. The zero-order valence-corrected chi connectivity index (χ0v) is 26.0. The van der Waals surface area contributed by atoms with Crippen LogP contribution >= 0.6 is 0 Å². The highest BCUT2D eigenvalue weighted by Crippen LogP contribution is 2.41. The molecule has 3 aliphatic heterocycles. The van der Waals surface area contributed by atoms with Crippen molar-refractivity contribution in [2.75, 3.05) is 67.1 Å². The molecule has 0 aliphatic carbocycles. The quantitative estimate of drug-likeness (QED) is 0.245. The third-order valence-electron chi connectivity index (χ3n) is 9.21. The van der Waals surface area contributed by atoms with Crippen molar-refractivity contribution in [3.8, 4) is 5.75 Å². The second-order valence-electron chi connectivity index (χ2n) is 13.5. The largest absolute Gasteiger partial charge is 0.493 e. The Balaban J connectivity index is 1.51. The highest BCUT2D eigenvalue weighted by molar-refractivity contribution is 5.79. The molecule has 4 atom stereocenters. The Kier molecular flexibility index (Phi) is 11.5. The molecule has 230 valence electrons. The van der Waals surface area contributed by atoms with Crippen molar-refractivity contribution in [1.29, 1.82) is 0 Å². The summed E-state index contributed by atoms with van der Waals surface area (Å²) in [5, 5.41) is 10.6. The molecule has 4 unspecified atom stereocenters. The van der Waals surface area contributed by atoms with Gasteiger partial charge in [0.05, 0.1) is 52.9 Å². The third-order valence-corrected chi connectivity index (χ3v) is 9.21. The number of ether oxygens (including phenoxy) is 2. The molecule has 2 saturated heterocycles. The number of aliphatic carboxylic acids is 1. The maximum Gasteiger partial charge on any atom is 0.308 e. The summed E-state index contributed by atoms with van der Waals surface area (Å²) in [5.41, 5.74) is 2.21. The lowest BCUT2D eigenvalue weighted by Crippen LogP contribution is -2.45. The fourth-order valence-corrected chi connectivity index (χ4v) is 6.89. The molecule has 0 saturated carbocycles. The third kappa shape index (κ3) is 8.91. The summed E-state index contributed by atoms with van der Waals surface area (Å²) in [6, 6.07) is 6.00. The van der Waals surface area contributed by atoms with Crippen molar-refractivity contribution in [1.82, 2.24) is 9.80 Å². The van der Waals surface area contributed by atoms with E-state index in [4.69, 9.17) is 9.47 Å². The minimum absolute atomic E-state index is 0.134. The van der Waals surface area contributed by atoms with Gasteiger partial charge in [-0.3, -0.25) is 14.5 Å². The van der Waals surface area contributed by atoms with E-state index in [1.807, 2.05) is 17.0 Å². The summed E-state index contributed by atoms with van der Waals surface area (Å²) in [4.78, 5) is 30.9. The van der Waals surface area contributed by atoms with Crippen LogP contribution in [0.5, 0.6) is 5.75 Å². The number of quaternary nitrogens is 1. The Morgan fingerprint density at radius 2 is 1.88 bits per heavy atom. The molecule has 4 rings (SSSR count). The molecule has 41 heavy (non-hydrogen) atoms. The number of amides is 1. The average Bonchev–Trinajstić information content (AvgIpc) is 3.55. The van der Waals surface area contributed by atoms with Gasteiger partial charge in [-0.15, -0.1) is 0 Å². The zero-order valence-electron chi connectivity index (χ0n) is 26.0. The van der Waals surface area contributed by atoms with Crippen LogP contribution in [0.4, 0.5) is 0 Å². The lowest BCUT2D eigenvalue weighted by atomic mass is 9.82. The maximum atomic E-state index is 13.8. The van der Waals surface area contributed by atoms with E-state index in [0.717, 1.165) is 105 Å². The van der Waals surface area contributed by atoms with Gasteiger partial charge in [-0.1, -0.05) is 25.5 Å². The first-order valence-corrected chi connectivity index (χ1v) is 16.1. The van der Waals surface area contributed by atoms with E-state index in [1.54, 1.807) is 0 Å². The van der Waals surface area contributed by atoms with Crippen molar-refractivity contribution in [2.24, 2.45) is 5.92 Å². The van der Waals surface area contributed by atoms with Crippen molar-refractivity contribution in [3.63, 3.8) is 0 Å².